The molecule has 0 radical (unpaired) electrons. The van der Waals surface area contributed by atoms with Crippen molar-refractivity contribution in [2.24, 2.45) is 0 Å². The molecule has 0 saturated heterocycles. The van der Waals surface area contributed by atoms with E-state index in [0.29, 0.717) is 11.7 Å². The molecule has 0 unspecified atom stereocenters. The first kappa shape index (κ1) is 18.6. The predicted octanol–water partition coefficient (Wildman–Crippen LogP) is 4.86. The van der Waals surface area contributed by atoms with Gasteiger partial charge in [0.2, 0.25) is 0 Å². The van der Waals surface area contributed by atoms with E-state index in [9.17, 15) is 0 Å². The highest BCUT2D eigenvalue weighted by molar-refractivity contribution is 7.99. The molecule has 128 valence electrons. The van der Waals surface area contributed by atoms with E-state index in [0.717, 1.165) is 30.2 Å². The minimum atomic E-state index is 0.643. The van der Waals surface area contributed by atoms with Crippen molar-refractivity contribution in [1.29, 1.82) is 0 Å². The molecule has 2 N–H and O–H groups in total. The van der Waals surface area contributed by atoms with Crippen LogP contribution in [0.3, 0.4) is 0 Å². The summed E-state index contributed by atoms with van der Waals surface area (Å²) in [7, 11) is 0. The second-order valence-electron chi connectivity index (χ2n) is 5.36. The molecule has 0 saturated carbocycles. The van der Waals surface area contributed by atoms with Crippen LogP contribution in [-0.2, 0) is 0 Å². The van der Waals surface area contributed by atoms with E-state index in [4.69, 9.17) is 17.0 Å². The van der Waals surface area contributed by atoms with E-state index >= 15 is 0 Å². The summed E-state index contributed by atoms with van der Waals surface area (Å²) in [5, 5.41) is 7.08. The maximum atomic E-state index is 5.48. The van der Waals surface area contributed by atoms with Crippen molar-refractivity contribution in [2.75, 3.05) is 24.2 Å². The molecule has 0 aliphatic rings. The number of hydrogen-bond acceptors (Lipinski definition) is 3. The molecule has 0 spiro atoms. The Labute approximate surface area is 154 Å². The third-order valence-electron chi connectivity index (χ3n) is 3.30. The topological polar surface area (TPSA) is 33.3 Å². The van der Waals surface area contributed by atoms with Crippen LogP contribution in [0.1, 0.15) is 18.9 Å². The molecule has 24 heavy (non-hydrogen) atoms. The monoisotopic (exact) mass is 360 g/mol. The van der Waals surface area contributed by atoms with E-state index in [1.165, 1.54) is 10.5 Å². The summed E-state index contributed by atoms with van der Waals surface area (Å²) in [4.78, 5) is 1.31. The Balaban J connectivity index is 1.64. The van der Waals surface area contributed by atoms with Crippen LogP contribution in [0.25, 0.3) is 0 Å². The van der Waals surface area contributed by atoms with E-state index in [-0.39, 0.29) is 0 Å². The van der Waals surface area contributed by atoms with Gasteiger partial charge in [0.05, 0.1) is 6.61 Å². The highest BCUT2D eigenvalue weighted by Gasteiger charge is 2.00. The Morgan fingerprint density at radius 2 is 1.96 bits per heavy atom. The molecular formula is C19H24N2OS2. The van der Waals surface area contributed by atoms with E-state index in [1.807, 2.05) is 43.0 Å². The van der Waals surface area contributed by atoms with Crippen molar-refractivity contribution in [3.8, 4) is 5.75 Å². The van der Waals surface area contributed by atoms with Gasteiger partial charge in [0.15, 0.2) is 5.11 Å². The van der Waals surface area contributed by atoms with Gasteiger partial charge in [-0.1, -0.05) is 23.8 Å². The third kappa shape index (κ3) is 6.81. The number of thiocarbonyl (C=S) groups is 1. The van der Waals surface area contributed by atoms with Gasteiger partial charge in [0.1, 0.15) is 5.75 Å². The van der Waals surface area contributed by atoms with Crippen molar-refractivity contribution in [2.45, 2.75) is 25.2 Å². The van der Waals surface area contributed by atoms with Crippen LogP contribution in [0.15, 0.2) is 53.4 Å². The first-order valence-corrected chi connectivity index (χ1v) is 9.54. The number of ether oxygens (including phenoxy) is 1. The lowest BCUT2D eigenvalue weighted by atomic mass is 10.2. The second kappa shape index (κ2) is 10.2. The number of rotatable bonds is 8. The average molecular weight is 361 g/mol. The lowest BCUT2D eigenvalue weighted by Gasteiger charge is -2.11. The molecule has 0 aliphatic heterocycles. The summed E-state index contributed by atoms with van der Waals surface area (Å²) < 4.78 is 5.48. The number of nitrogens with one attached hydrogen (secondary N) is 2. The van der Waals surface area contributed by atoms with Gasteiger partial charge in [-0.3, -0.25) is 0 Å². The standard InChI is InChI=1S/C19H24N2OS2/c1-3-22-17-7-4-6-16(14-17)21-19(23)20-12-5-13-24-18-10-8-15(2)9-11-18/h4,6-11,14H,3,5,12-13H2,1-2H3,(H2,20,21,23). The van der Waals surface area contributed by atoms with Crippen LogP contribution in [-0.4, -0.2) is 24.0 Å². The number of thioether (sulfide) groups is 1. The quantitative estimate of drug-likeness (QED) is 0.399. The molecule has 0 amide bonds. The van der Waals surface area contributed by atoms with Gasteiger partial charge in [-0.2, -0.15) is 0 Å². The Bertz CT molecular complexity index is 644. The zero-order valence-electron chi connectivity index (χ0n) is 14.2. The fourth-order valence-corrected chi connectivity index (χ4v) is 3.18. The lowest BCUT2D eigenvalue weighted by molar-refractivity contribution is 0.340. The molecule has 0 fully saturated rings. The van der Waals surface area contributed by atoms with E-state index in [2.05, 4.69) is 41.8 Å². The molecule has 2 aromatic rings. The Kier molecular flexibility index (Phi) is 7.92. The van der Waals surface area contributed by atoms with Crippen molar-refractivity contribution >= 4 is 34.8 Å². The molecule has 0 atom stereocenters. The molecule has 0 bridgehead atoms. The molecule has 3 nitrogen and oxygen atoms in total. The Morgan fingerprint density at radius 1 is 1.17 bits per heavy atom. The van der Waals surface area contributed by atoms with Crippen LogP contribution < -0.4 is 15.4 Å². The first-order chi connectivity index (χ1) is 11.7. The summed E-state index contributed by atoms with van der Waals surface area (Å²) in [5.41, 5.74) is 2.23. The van der Waals surface area contributed by atoms with Crippen molar-refractivity contribution in [1.82, 2.24) is 5.32 Å². The smallest absolute Gasteiger partial charge is 0.170 e. The number of hydrogen-bond donors (Lipinski definition) is 2. The minimum absolute atomic E-state index is 0.643. The maximum Gasteiger partial charge on any atom is 0.170 e. The molecule has 2 aromatic carbocycles. The maximum absolute atomic E-state index is 5.48. The van der Waals surface area contributed by atoms with Crippen molar-refractivity contribution in [3.63, 3.8) is 0 Å². The zero-order chi connectivity index (χ0) is 17.2. The zero-order valence-corrected chi connectivity index (χ0v) is 15.8. The number of benzene rings is 2. The van der Waals surface area contributed by atoms with Gasteiger partial charge < -0.3 is 15.4 Å². The first-order valence-electron chi connectivity index (χ1n) is 8.14. The molecular weight excluding hydrogens is 336 g/mol. The number of aryl methyl sites for hydroxylation is 1. The van der Waals surface area contributed by atoms with Gasteiger partial charge in [-0.15, -0.1) is 11.8 Å². The second-order valence-corrected chi connectivity index (χ2v) is 6.93. The Hall–Kier alpha value is -1.72. The highest BCUT2D eigenvalue weighted by Crippen LogP contribution is 2.19. The van der Waals surface area contributed by atoms with Gasteiger partial charge in [-0.25, -0.2) is 0 Å². The summed E-state index contributed by atoms with van der Waals surface area (Å²) >= 11 is 7.20. The highest BCUT2D eigenvalue weighted by atomic mass is 32.2. The van der Waals surface area contributed by atoms with Crippen LogP contribution in [0.2, 0.25) is 0 Å². The lowest BCUT2D eigenvalue weighted by Crippen LogP contribution is -2.29. The van der Waals surface area contributed by atoms with Crippen LogP contribution in [0.5, 0.6) is 5.75 Å². The van der Waals surface area contributed by atoms with E-state index in [1.54, 1.807) is 0 Å². The van der Waals surface area contributed by atoms with Gasteiger partial charge in [0, 0.05) is 23.2 Å². The van der Waals surface area contributed by atoms with Crippen LogP contribution in [0.4, 0.5) is 5.69 Å². The summed E-state index contributed by atoms with van der Waals surface area (Å²) in [6.45, 7) is 5.60. The molecule has 0 aromatic heterocycles. The van der Waals surface area contributed by atoms with Crippen molar-refractivity contribution in [3.05, 3.63) is 54.1 Å². The average Bonchev–Trinajstić information content (AvgIpc) is 2.57. The normalized spacial score (nSPS) is 10.2. The fraction of sp³-hybridized carbons (Fsp3) is 0.316. The van der Waals surface area contributed by atoms with Crippen LogP contribution >= 0.6 is 24.0 Å². The SMILES string of the molecule is CCOc1cccc(NC(=S)NCCCSc2ccc(C)cc2)c1. The molecule has 0 heterocycles. The summed E-state index contributed by atoms with van der Waals surface area (Å²) in [6.07, 6.45) is 1.05. The predicted molar refractivity (Wildman–Crippen MR) is 108 cm³/mol. The summed E-state index contributed by atoms with van der Waals surface area (Å²) in [5.74, 6) is 1.91. The third-order valence-corrected chi connectivity index (χ3v) is 4.64. The van der Waals surface area contributed by atoms with Gasteiger partial charge in [-0.05, 0) is 62.5 Å². The molecule has 2 rings (SSSR count). The van der Waals surface area contributed by atoms with Crippen molar-refractivity contribution < 1.29 is 4.74 Å². The van der Waals surface area contributed by atoms with Gasteiger partial charge >= 0.3 is 0 Å². The fourth-order valence-electron chi connectivity index (χ4n) is 2.10. The van der Waals surface area contributed by atoms with E-state index < -0.39 is 0 Å². The van der Waals surface area contributed by atoms with Gasteiger partial charge in [0.25, 0.3) is 0 Å². The van der Waals surface area contributed by atoms with Crippen LogP contribution in [0, 0.1) is 6.92 Å². The Morgan fingerprint density at radius 3 is 2.71 bits per heavy atom. The molecule has 5 heteroatoms. The largest absolute Gasteiger partial charge is 0.494 e. The summed E-state index contributed by atoms with van der Waals surface area (Å²) in [6, 6.07) is 16.5. The molecule has 0 aliphatic carbocycles. The number of anilines is 1. The minimum Gasteiger partial charge on any atom is -0.494 e.